The van der Waals surface area contributed by atoms with Crippen molar-refractivity contribution in [2.75, 3.05) is 6.61 Å². The first-order valence-electron chi connectivity index (χ1n) is 8.93. The van der Waals surface area contributed by atoms with Crippen LogP contribution in [0.5, 0.6) is 0 Å². The molecule has 2 aliphatic rings. The molecule has 8 nitrogen and oxygen atoms in total. The monoisotopic (exact) mass is 364 g/mol. The number of nitrogens with zero attached hydrogens (tertiary/aromatic N) is 1. The van der Waals surface area contributed by atoms with Crippen molar-refractivity contribution in [1.82, 2.24) is 9.55 Å². The Hall–Kier alpha value is -1.92. The lowest BCUT2D eigenvalue weighted by molar-refractivity contribution is -0.0559. The Bertz CT molecular complexity index is 827. The molecule has 0 aromatic carbocycles. The van der Waals surface area contributed by atoms with E-state index in [2.05, 4.69) is 16.8 Å². The predicted octanol–water partition coefficient (Wildman–Crippen LogP) is -0.612. The van der Waals surface area contributed by atoms with Gasteiger partial charge in [0.15, 0.2) is 6.23 Å². The number of aliphatic hydroxyl groups excluding tert-OH is 3. The molecule has 2 heterocycles. The van der Waals surface area contributed by atoms with Crippen LogP contribution in [0.3, 0.4) is 0 Å². The zero-order chi connectivity index (χ0) is 18.8. The van der Waals surface area contributed by atoms with Crippen LogP contribution in [0.15, 0.2) is 9.59 Å². The Morgan fingerprint density at radius 1 is 1.19 bits per heavy atom. The summed E-state index contributed by atoms with van der Waals surface area (Å²) in [5, 5.41) is 29.3. The highest BCUT2D eigenvalue weighted by Crippen LogP contribution is 2.29. The zero-order valence-corrected chi connectivity index (χ0v) is 14.6. The number of H-pyrrole nitrogens is 1. The number of hydrogen-bond acceptors (Lipinski definition) is 6. The largest absolute Gasteiger partial charge is 0.394 e. The molecule has 1 aromatic heterocycles. The normalized spacial score (nSPS) is 29.4. The first-order chi connectivity index (χ1) is 12.4. The average Bonchev–Trinajstić information content (AvgIpc) is 2.90. The van der Waals surface area contributed by atoms with Gasteiger partial charge >= 0.3 is 5.69 Å². The summed E-state index contributed by atoms with van der Waals surface area (Å²) in [6.07, 6.45) is 0.485. The summed E-state index contributed by atoms with van der Waals surface area (Å²) >= 11 is 0. The molecule has 1 aliphatic carbocycles. The molecular formula is C18H24N2O6. The molecule has 4 atom stereocenters. The van der Waals surface area contributed by atoms with Gasteiger partial charge < -0.3 is 20.1 Å². The fraction of sp³-hybridized carbons (Fsp3) is 0.667. The Kier molecular flexibility index (Phi) is 5.63. The summed E-state index contributed by atoms with van der Waals surface area (Å²) in [6, 6.07) is 0. The SMILES string of the molecule is Cc1c(C#CC2CCCCC2)c(=O)[nH]c(=O)n1[C@@H]1O[C@H](CO)[C@@H](O)[C@H]1O. The van der Waals surface area contributed by atoms with Gasteiger partial charge in [-0.05, 0) is 19.8 Å². The van der Waals surface area contributed by atoms with Crippen LogP contribution in [0.4, 0.5) is 0 Å². The molecule has 3 rings (SSSR count). The third-order valence-corrected chi connectivity index (χ3v) is 5.17. The molecule has 142 valence electrons. The molecule has 2 fully saturated rings. The topological polar surface area (TPSA) is 125 Å². The van der Waals surface area contributed by atoms with E-state index in [1.165, 1.54) is 6.42 Å². The zero-order valence-electron chi connectivity index (χ0n) is 14.6. The van der Waals surface area contributed by atoms with Crippen LogP contribution in [-0.2, 0) is 4.74 Å². The average molecular weight is 364 g/mol. The van der Waals surface area contributed by atoms with Crippen molar-refractivity contribution in [3.63, 3.8) is 0 Å². The summed E-state index contributed by atoms with van der Waals surface area (Å²) in [6.45, 7) is 1.05. The molecule has 1 aliphatic heterocycles. The summed E-state index contributed by atoms with van der Waals surface area (Å²) in [7, 11) is 0. The number of aliphatic hydroxyl groups is 3. The lowest BCUT2D eigenvalue weighted by Crippen LogP contribution is -2.40. The van der Waals surface area contributed by atoms with Gasteiger partial charge in [0.2, 0.25) is 0 Å². The molecule has 26 heavy (non-hydrogen) atoms. The van der Waals surface area contributed by atoms with E-state index in [9.17, 15) is 24.9 Å². The van der Waals surface area contributed by atoms with Gasteiger partial charge in [-0.15, -0.1) is 0 Å². The Balaban J connectivity index is 1.99. The summed E-state index contributed by atoms with van der Waals surface area (Å²) in [5.74, 6) is 6.24. The van der Waals surface area contributed by atoms with E-state index in [0.717, 1.165) is 30.3 Å². The quantitative estimate of drug-likeness (QED) is 0.519. The van der Waals surface area contributed by atoms with E-state index in [1.807, 2.05) is 0 Å². The van der Waals surface area contributed by atoms with Crippen LogP contribution < -0.4 is 11.2 Å². The van der Waals surface area contributed by atoms with Gasteiger partial charge in [-0.2, -0.15) is 0 Å². The molecule has 8 heteroatoms. The van der Waals surface area contributed by atoms with E-state index in [4.69, 9.17) is 4.74 Å². The fourth-order valence-corrected chi connectivity index (χ4v) is 3.63. The highest BCUT2D eigenvalue weighted by atomic mass is 16.6. The molecule has 1 aromatic rings. The van der Waals surface area contributed by atoms with Crippen LogP contribution in [-0.4, -0.2) is 49.8 Å². The van der Waals surface area contributed by atoms with Crippen molar-refractivity contribution < 1.29 is 20.1 Å². The molecule has 0 bridgehead atoms. The maximum atomic E-state index is 12.3. The van der Waals surface area contributed by atoms with Gasteiger partial charge in [0, 0.05) is 11.6 Å². The summed E-state index contributed by atoms with van der Waals surface area (Å²) < 4.78 is 6.49. The van der Waals surface area contributed by atoms with E-state index >= 15 is 0 Å². The highest BCUT2D eigenvalue weighted by molar-refractivity contribution is 5.36. The molecule has 0 amide bonds. The lowest BCUT2D eigenvalue weighted by atomic mass is 9.89. The van der Waals surface area contributed by atoms with Crippen molar-refractivity contribution >= 4 is 0 Å². The molecular weight excluding hydrogens is 340 g/mol. The maximum Gasteiger partial charge on any atom is 0.330 e. The number of aromatic amines is 1. The number of ether oxygens (including phenoxy) is 1. The van der Waals surface area contributed by atoms with Crippen molar-refractivity contribution in [1.29, 1.82) is 0 Å². The second kappa shape index (κ2) is 7.76. The van der Waals surface area contributed by atoms with E-state index in [0.29, 0.717) is 0 Å². The van der Waals surface area contributed by atoms with Crippen LogP contribution in [0, 0.1) is 24.7 Å². The third-order valence-electron chi connectivity index (χ3n) is 5.17. The van der Waals surface area contributed by atoms with Crippen molar-refractivity contribution in [2.24, 2.45) is 5.92 Å². The first-order valence-corrected chi connectivity index (χ1v) is 8.93. The number of aromatic nitrogens is 2. The van der Waals surface area contributed by atoms with Crippen molar-refractivity contribution in [3.05, 3.63) is 32.1 Å². The predicted molar refractivity (Wildman–Crippen MR) is 92.5 cm³/mol. The second-order valence-electron chi connectivity index (χ2n) is 6.92. The first kappa shape index (κ1) is 18.9. The lowest BCUT2D eigenvalue weighted by Gasteiger charge is -2.20. The maximum absolute atomic E-state index is 12.3. The molecule has 0 radical (unpaired) electrons. The van der Waals surface area contributed by atoms with Crippen molar-refractivity contribution in [2.45, 2.75) is 63.6 Å². The Labute approximate surface area is 150 Å². The Morgan fingerprint density at radius 3 is 2.50 bits per heavy atom. The van der Waals surface area contributed by atoms with E-state index in [1.54, 1.807) is 6.92 Å². The molecule has 1 saturated heterocycles. The molecule has 4 N–H and O–H groups in total. The van der Waals surface area contributed by atoms with Crippen LogP contribution in [0.2, 0.25) is 0 Å². The van der Waals surface area contributed by atoms with Gasteiger partial charge in [-0.25, -0.2) is 4.79 Å². The van der Waals surface area contributed by atoms with Crippen LogP contribution in [0.1, 0.15) is 49.6 Å². The van der Waals surface area contributed by atoms with Gasteiger partial charge in [-0.1, -0.05) is 31.1 Å². The van der Waals surface area contributed by atoms with E-state index in [-0.39, 0.29) is 17.2 Å². The Morgan fingerprint density at radius 2 is 1.88 bits per heavy atom. The van der Waals surface area contributed by atoms with Gasteiger partial charge in [-0.3, -0.25) is 14.3 Å². The molecule has 0 spiro atoms. The minimum Gasteiger partial charge on any atom is -0.394 e. The second-order valence-corrected chi connectivity index (χ2v) is 6.92. The van der Waals surface area contributed by atoms with Gasteiger partial charge in [0.05, 0.1) is 6.61 Å². The number of rotatable bonds is 2. The minimum atomic E-state index is -1.41. The third kappa shape index (κ3) is 3.48. The number of hydrogen-bond donors (Lipinski definition) is 4. The minimum absolute atomic E-state index is 0.146. The van der Waals surface area contributed by atoms with E-state index < -0.39 is 42.4 Å². The molecule has 1 saturated carbocycles. The standard InChI is InChI=1S/C18H24N2O6/c1-10-12(8-7-11-5-3-2-4-6-11)16(24)19-18(25)20(10)17-15(23)14(22)13(9-21)26-17/h11,13-15,17,21-23H,2-6,9H2,1H3,(H,19,24,25)/t13-,14-,15-,17-/m1/s1. The highest BCUT2D eigenvalue weighted by Gasteiger charge is 2.44. The van der Waals surface area contributed by atoms with Crippen LogP contribution in [0.25, 0.3) is 0 Å². The van der Waals surface area contributed by atoms with Crippen molar-refractivity contribution in [3.8, 4) is 11.8 Å². The smallest absolute Gasteiger partial charge is 0.330 e. The van der Waals surface area contributed by atoms with Gasteiger partial charge in [0.1, 0.15) is 23.9 Å². The van der Waals surface area contributed by atoms with Gasteiger partial charge in [0.25, 0.3) is 5.56 Å². The number of nitrogens with one attached hydrogen (secondary N) is 1. The summed E-state index contributed by atoms with van der Waals surface area (Å²) in [4.78, 5) is 26.7. The fourth-order valence-electron chi connectivity index (χ4n) is 3.63. The van der Waals surface area contributed by atoms with Crippen LogP contribution >= 0.6 is 0 Å². The summed E-state index contributed by atoms with van der Waals surface area (Å²) in [5.41, 5.74) is -0.936. The molecule has 0 unspecified atom stereocenters.